The third-order valence-electron chi connectivity index (χ3n) is 1.97. The second kappa shape index (κ2) is 4.61. The normalized spacial score (nSPS) is 14.3. The molecular formula is C10H10IN3O. The number of anilines is 1. The van der Waals surface area contributed by atoms with Crippen LogP contribution >= 0.6 is 22.6 Å². The molecule has 0 aliphatic carbocycles. The fourth-order valence-corrected chi connectivity index (χ4v) is 1.85. The van der Waals surface area contributed by atoms with Crippen LogP contribution in [0.2, 0.25) is 0 Å². The number of amides is 1. The fraction of sp³-hybridized carbons (Fsp3) is 0.200. The number of nitrogens with one attached hydrogen (secondary N) is 2. The summed E-state index contributed by atoms with van der Waals surface area (Å²) in [6.45, 7) is 1.42. The maximum absolute atomic E-state index is 11.6. The highest BCUT2D eigenvalue weighted by atomic mass is 127. The minimum absolute atomic E-state index is 0.172. The largest absolute Gasteiger partial charge is 0.364 e. The Morgan fingerprint density at radius 1 is 1.53 bits per heavy atom. The van der Waals surface area contributed by atoms with Gasteiger partial charge in [0.25, 0.3) is 5.91 Å². The monoisotopic (exact) mass is 315 g/mol. The van der Waals surface area contributed by atoms with Gasteiger partial charge in [-0.3, -0.25) is 9.79 Å². The summed E-state index contributed by atoms with van der Waals surface area (Å²) >= 11 is 2.20. The molecule has 1 heterocycles. The Balaban J connectivity index is 2.05. The van der Waals surface area contributed by atoms with Crippen LogP contribution < -0.4 is 10.6 Å². The van der Waals surface area contributed by atoms with Crippen molar-refractivity contribution in [1.29, 1.82) is 0 Å². The van der Waals surface area contributed by atoms with Crippen LogP contribution in [0.5, 0.6) is 0 Å². The van der Waals surface area contributed by atoms with Crippen LogP contribution in [0.1, 0.15) is 0 Å². The fourth-order valence-electron chi connectivity index (χ4n) is 1.31. The van der Waals surface area contributed by atoms with Crippen molar-refractivity contribution < 1.29 is 4.79 Å². The molecule has 1 aromatic rings. The van der Waals surface area contributed by atoms with Gasteiger partial charge in [0.05, 0.1) is 6.54 Å². The van der Waals surface area contributed by atoms with Gasteiger partial charge in [0.15, 0.2) is 5.84 Å². The van der Waals surface area contributed by atoms with E-state index < -0.39 is 0 Å². The number of hydrogen-bond acceptors (Lipinski definition) is 3. The zero-order chi connectivity index (χ0) is 10.7. The Bertz CT molecular complexity index is 417. The molecule has 0 bridgehead atoms. The standard InChI is InChI=1S/C10H10IN3O/c11-7-2-1-3-8(6-7)14-10(15)9-12-4-5-13-9/h1-3,6H,4-5H2,(H,12,13)(H,14,15). The van der Waals surface area contributed by atoms with Gasteiger partial charge in [0.2, 0.25) is 0 Å². The van der Waals surface area contributed by atoms with Gasteiger partial charge in [0, 0.05) is 15.8 Å². The van der Waals surface area contributed by atoms with Crippen LogP contribution in [0.15, 0.2) is 29.3 Å². The molecule has 0 saturated heterocycles. The van der Waals surface area contributed by atoms with Crippen molar-refractivity contribution in [3.8, 4) is 0 Å². The van der Waals surface area contributed by atoms with Crippen LogP contribution in [-0.2, 0) is 4.79 Å². The number of halogens is 1. The molecule has 1 amide bonds. The first-order valence-electron chi connectivity index (χ1n) is 4.61. The first-order valence-corrected chi connectivity index (χ1v) is 5.69. The van der Waals surface area contributed by atoms with Crippen molar-refractivity contribution >= 4 is 40.0 Å². The minimum Gasteiger partial charge on any atom is -0.364 e. The number of hydrogen-bond donors (Lipinski definition) is 2. The second-order valence-corrected chi connectivity index (χ2v) is 4.37. The van der Waals surface area contributed by atoms with Crippen LogP contribution in [-0.4, -0.2) is 24.8 Å². The first-order chi connectivity index (χ1) is 7.25. The highest BCUT2D eigenvalue weighted by Gasteiger charge is 2.14. The van der Waals surface area contributed by atoms with Crippen LogP contribution in [0.3, 0.4) is 0 Å². The molecule has 0 unspecified atom stereocenters. The van der Waals surface area contributed by atoms with E-state index in [4.69, 9.17) is 0 Å². The zero-order valence-electron chi connectivity index (χ0n) is 7.96. The number of rotatable bonds is 2. The van der Waals surface area contributed by atoms with Crippen molar-refractivity contribution in [2.75, 3.05) is 18.4 Å². The quantitative estimate of drug-likeness (QED) is 0.807. The minimum atomic E-state index is -0.172. The molecular weight excluding hydrogens is 305 g/mol. The second-order valence-electron chi connectivity index (χ2n) is 3.12. The van der Waals surface area contributed by atoms with Crippen LogP contribution in [0, 0.1) is 3.57 Å². The van der Waals surface area contributed by atoms with Gasteiger partial charge in [-0.2, -0.15) is 0 Å². The number of benzene rings is 1. The predicted molar refractivity (Wildman–Crippen MR) is 68.1 cm³/mol. The highest BCUT2D eigenvalue weighted by molar-refractivity contribution is 14.1. The van der Waals surface area contributed by atoms with Crippen molar-refractivity contribution in [2.45, 2.75) is 0 Å². The molecule has 0 radical (unpaired) electrons. The Labute approximate surface area is 101 Å². The van der Waals surface area contributed by atoms with Gasteiger partial charge in [-0.05, 0) is 40.8 Å². The summed E-state index contributed by atoms with van der Waals surface area (Å²) in [4.78, 5) is 15.7. The van der Waals surface area contributed by atoms with Crippen LogP contribution in [0.4, 0.5) is 5.69 Å². The average molecular weight is 315 g/mol. The molecule has 0 spiro atoms. The Morgan fingerprint density at radius 2 is 2.40 bits per heavy atom. The topological polar surface area (TPSA) is 53.5 Å². The molecule has 78 valence electrons. The van der Waals surface area contributed by atoms with E-state index in [1.54, 1.807) is 0 Å². The van der Waals surface area contributed by atoms with E-state index >= 15 is 0 Å². The van der Waals surface area contributed by atoms with Crippen molar-refractivity contribution in [1.82, 2.24) is 5.32 Å². The SMILES string of the molecule is O=C(Nc1cccc(I)c1)C1=NCCN1. The summed E-state index contributed by atoms with van der Waals surface area (Å²) in [6, 6.07) is 7.65. The molecule has 0 fully saturated rings. The van der Waals surface area contributed by atoms with E-state index in [2.05, 4.69) is 38.2 Å². The lowest BCUT2D eigenvalue weighted by molar-refractivity contribution is -0.110. The van der Waals surface area contributed by atoms with E-state index in [0.29, 0.717) is 12.4 Å². The lowest BCUT2D eigenvalue weighted by atomic mass is 10.3. The molecule has 0 saturated carbocycles. The summed E-state index contributed by atoms with van der Waals surface area (Å²) in [5.41, 5.74) is 0.795. The van der Waals surface area contributed by atoms with Gasteiger partial charge in [-0.15, -0.1) is 0 Å². The molecule has 1 aromatic carbocycles. The van der Waals surface area contributed by atoms with Gasteiger partial charge in [-0.1, -0.05) is 6.07 Å². The number of aliphatic imine (C=N–C) groups is 1. The van der Waals surface area contributed by atoms with E-state index in [0.717, 1.165) is 15.8 Å². The molecule has 5 heteroatoms. The Morgan fingerprint density at radius 3 is 3.07 bits per heavy atom. The van der Waals surface area contributed by atoms with Gasteiger partial charge in [-0.25, -0.2) is 0 Å². The zero-order valence-corrected chi connectivity index (χ0v) is 10.1. The Kier molecular flexibility index (Phi) is 3.20. The van der Waals surface area contributed by atoms with Crippen molar-refractivity contribution in [2.24, 2.45) is 4.99 Å². The van der Waals surface area contributed by atoms with E-state index in [1.807, 2.05) is 24.3 Å². The molecule has 2 rings (SSSR count). The summed E-state index contributed by atoms with van der Waals surface area (Å²) in [5, 5.41) is 5.71. The lowest BCUT2D eigenvalue weighted by Gasteiger charge is -2.05. The number of carbonyl (C=O) groups excluding carboxylic acids is 1. The summed E-state index contributed by atoms with van der Waals surface area (Å²) < 4.78 is 1.09. The number of carbonyl (C=O) groups is 1. The molecule has 1 aliphatic heterocycles. The molecule has 15 heavy (non-hydrogen) atoms. The maximum Gasteiger partial charge on any atom is 0.290 e. The lowest BCUT2D eigenvalue weighted by Crippen LogP contribution is -2.32. The van der Waals surface area contributed by atoms with Crippen LogP contribution in [0.25, 0.3) is 0 Å². The summed E-state index contributed by atoms with van der Waals surface area (Å²) in [6.07, 6.45) is 0. The summed E-state index contributed by atoms with van der Waals surface area (Å²) in [5.74, 6) is 0.253. The third-order valence-corrected chi connectivity index (χ3v) is 2.64. The molecule has 0 atom stereocenters. The first kappa shape index (κ1) is 10.4. The van der Waals surface area contributed by atoms with Gasteiger partial charge in [0.1, 0.15) is 0 Å². The highest BCUT2D eigenvalue weighted by Crippen LogP contribution is 2.12. The van der Waals surface area contributed by atoms with E-state index in [1.165, 1.54) is 0 Å². The Hall–Kier alpha value is -1.11. The molecule has 4 nitrogen and oxygen atoms in total. The predicted octanol–water partition coefficient (Wildman–Crippen LogP) is 1.23. The van der Waals surface area contributed by atoms with Crippen molar-refractivity contribution in [3.05, 3.63) is 27.8 Å². The molecule has 2 N–H and O–H groups in total. The molecule has 0 aromatic heterocycles. The number of nitrogens with zero attached hydrogens (tertiary/aromatic N) is 1. The van der Waals surface area contributed by atoms with E-state index in [-0.39, 0.29) is 5.91 Å². The summed E-state index contributed by atoms with van der Waals surface area (Å²) in [7, 11) is 0. The van der Waals surface area contributed by atoms with Gasteiger partial charge >= 0.3 is 0 Å². The van der Waals surface area contributed by atoms with E-state index in [9.17, 15) is 4.79 Å². The number of amidine groups is 1. The maximum atomic E-state index is 11.6. The smallest absolute Gasteiger partial charge is 0.290 e. The average Bonchev–Trinajstić information content (AvgIpc) is 2.70. The van der Waals surface area contributed by atoms with Crippen molar-refractivity contribution in [3.63, 3.8) is 0 Å². The van der Waals surface area contributed by atoms with Gasteiger partial charge < -0.3 is 10.6 Å². The third kappa shape index (κ3) is 2.68. The molecule has 1 aliphatic rings.